The number of H-pyrrole nitrogens is 1. The number of rotatable bonds is 3. The minimum absolute atomic E-state index is 0.0507. The Morgan fingerprint density at radius 3 is 2.37 bits per heavy atom. The summed E-state index contributed by atoms with van der Waals surface area (Å²) in [5.41, 5.74) is 2.73. The number of aromatic amines is 1. The maximum Gasteiger partial charge on any atom is 0.329 e. The van der Waals surface area contributed by atoms with Crippen molar-refractivity contribution in [2.24, 2.45) is 5.41 Å². The molecule has 0 radical (unpaired) electrons. The Bertz CT molecular complexity index is 1170. The van der Waals surface area contributed by atoms with Crippen molar-refractivity contribution >= 4 is 17.3 Å². The Morgan fingerprint density at radius 2 is 1.77 bits per heavy atom. The summed E-state index contributed by atoms with van der Waals surface area (Å²) >= 11 is 0. The lowest BCUT2D eigenvalue weighted by molar-refractivity contribution is -0.118. The number of carbonyl (C=O) groups excluding carboxylic acids is 1. The monoisotopic (exact) mass is 408 g/mol. The molecule has 1 aliphatic heterocycles. The van der Waals surface area contributed by atoms with Crippen molar-refractivity contribution < 1.29 is 4.79 Å². The first-order valence-corrected chi connectivity index (χ1v) is 10.3. The lowest BCUT2D eigenvalue weighted by Crippen LogP contribution is -2.41. The van der Waals surface area contributed by atoms with Gasteiger partial charge in [0, 0.05) is 49.9 Å². The van der Waals surface area contributed by atoms with E-state index in [-0.39, 0.29) is 11.2 Å². The molecular weight excluding hydrogens is 380 g/mol. The molecule has 0 spiro atoms. The molecular formula is C23H28N4O3. The Balaban J connectivity index is 2.00. The number of nitrogens with zero attached hydrogens (tertiary/aromatic N) is 2. The third-order valence-corrected chi connectivity index (χ3v) is 6.06. The Labute approximate surface area is 175 Å². The predicted molar refractivity (Wildman–Crippen MR) is 118 cm³/mol. The zero-order valence-corrected chi connectivity index (χ0v) is 18.1. The summed E-state index contributed by atoms with van der Waals surface area (Å²) in [5, 5.41) is 3.31. The van der Waals surface area contributed by atoms with Gasteiger partial charge in [-0.1, -0.05) is 26.0 Å². The summed E-state index contributed by atoms with van der Waals surface area (Å²) < 4.78 is 1.54. The number of nitrogens with one attached hydrogen (secondary N) is 2. The number of Topliss-reactive ketones (excluding diaryl/α,β-unsaturated/α-hetero) is 1. The van der Waals surface area contributed by atoms with Crippen LogP contribution in [0.5, 0.6) is 0 Å². The summed E-state index contributed by atoms with van der Waals surface area (Å²) in [7, 11) is 3.93. The highest BCUT2D eigenvalue weighted by Gasteiger charge is 2.42. The van der Waals surface area contributed by atoms with Gasteiger partial charge in [-0.3, -0.25) is 19.1 Å². The van der Waals surface area contributed by atoms with Crippen LogP contribution in [-0.2, 0) is 11.3 Å². The van der Waals surface area contributed by atoms with Gasteiger partial charge < -0.3 is 10.2 Å². The molecule has 0 unspecified atom stereocenters. The molecule has 1 aliphatic carbocycles. The molecule has 4 rings (SSSR count). The second-order valence-electron chi connectivity index (χ2n) is 9.14. The molecule has 1 aromatic heterocycles. The van der Waals surface area contributed by atoms with Crippen LogP contribution in [0.25, 0.3) is 0 Å². The van der Waals surface area contributed by atoms with Gasteiger partial charge in [0.2, 0.25) is 0 Å². The number of fused-ring (bicyclic) bond motifs is 1. The molecule has 30 heavy (non-hydrogen) atoms. The van der Waals surface area contributed by atoms with Gasteiger partial charge in [0.15, 0.2) is 5.78 Å². The fraction of sp³-hybridized carbons (Fsp3) is 0.435. The number of hydrogen-bond acceptors (Lipinski definition) is 5. The summed E-state index contributed by atoms with van der Waals surface area (Å²) in [4.78, 5) is 43.1. The van der Waals surface area contributed by atoms with Crippen molar-refractivity contribution in [3.05, 3.63) is 67.5 Å². The SMILES string of the molecule is CCn1c2c(c(=O)[nH]c1=O)[C@H](c1ccc(N(C)C)cc1)C1=C(CC(C)(C)CC1=O)N2. The number of benzene rings is 1. The van der Waals surface area contributed by atoms with E-state index >= 15 is 0 Å². The van der Waals surface area contributed by atoms with Crippen LogP contribution < -0.4 is 21.5 Å². The zero-order chi connectivity index (χ0) is 21.8. The number of aromatic nitrogens is 2. The number of ketones is 1. The third-order valence-electron chi connectivity index (χ3n) is 6.06. The van der Waals surface area contributed by atoms with Crippen molar-refractivity contribution in [2.75, 3.05) is 24.3 Å². The van der Waals surface area contributed by atoms with E-state index in [4.69, 9.17) is 0 Å². The molecule has 0 amide bonds. The molecule has 2 N–H and O–H groups in total. The van der Waals surface area contributed by atoms with Crippen LogP contribution in [0.2, 0.25) is 0 Å². The van der Waals surface area contributed by atoms with Crippen molar-refractivity contribution in [3.63, 3.8) is 0 Å². The first kappa shape index (κ1) is 20.2. The second-order valence-corrected chi connectivity index (χ2v) is 9.14. The second kappa shape index (κ2) is 7.00. The van der Waals surface area contributed by atoms with Crippen LogP contribution in [0.15, 0.2) is 45.1 Å². The molecule has 0 fully saturated rings. The lowest BCUT2D eigenvalue weighted by atomic mass is 9.69. The first-order chi connectivity index (χ1) is 14.1. The molecule has 1 aromatic carbocycles. The van der Waals surface area contributed by atoms with Crippen molar-refractivity contribution in [1.82, 2.24) is 9.55 Å². The van der Waals surface area contributed by atoms with Gasteiger partial charge in [-0.2, -0.15) is 0 Å². The molecule has 0 saturated heterocycles. The van der Waals surface area contributed by atoms with Crippen LogP contribution >= 0.6 is 0 Å². The summed E-state index contributed by atoms with van der Waals surface area (Å²) in [6.45, 7) is 6.41. The van der Waals surface area contributed by atoms with Crippen LogP contribution in [0, 0.1) is 5.41 Å². The topological polar surface area (TPSA) is 87.2 Å². The van der Waals surface area contributed by atoms with Gasteiger partial charge in [-0.05, 0) is 36.5 Å². The van der Waals surface area contributed by atoms with E-state index in [0.717, 1.165) is 16.9 Å². The van der Waals surface area contributed by atoms with Gasteiger partial charge in [-0.15, -0.1) is 0 Å². The van der Waals surface area contributed by atoms with Crippen LogP contribution in [0.3, 0.4) is 0 Å². The molecule has 7 heteroatoms. The number of anilines is 2. The molecule has 2 heterocycles. The standard InChI is InChI=1S/C23H28N4O3/c1-6-27-20-19(21(29)25-22(27)30)17(13-7-9-14(10-8-13)26(4)5)18-15(24-20)11-23(2,3)12-16(18)28/h7-10,17,24H,6,11-12H2,1-5H3,(H,25,29,30)/t17-/m1/s1. The molecule has 2 aromatic rings. The van der Waals surface area contributed by atoms with Gasteiger partial charge in [0.25, 0.3) is 5.56 Å². The molecule has 2 aliphatic rings. The highest BCUT2D eigenvalue weighted by atomic mass is 16.2. The highest BCUT2D eigenvalue weighted by molar-refractivity contribution is 6.01. The fourth-order valence-corrected chi connectivity index (χ4v) is 4.66. The highest BCUT2D eigenvalue weighted by Crippen LogP contribution is 2.47. The number of hydrogen-bond donors (Lipinski definition) is 2. The van der Waals surface area contributed by atoms with Gasteiger partial charge >= 0.3 is 5.69 Å². The van der Waals surface area contributed by atoms with Crippen LogP contribution in [-0.4, -0.2) is 29.4 Å². The Kier molecular flexibility index (Phi) is 4.71. The number of allylic oxidation sites excluding steroid dienone is 2. The van der Waals surface area contributed by atoms with E-state index in [9.17, 15) is 14.4 Å². The largest absolute Gasteiger partial charge is 0.378 e. The normalized spacial score (nSPS) is 19.8. The first-order valence-electron chi connectivity index (χ1n) is 10.3. The van der Waals surface area contributed by atoms with E-state index in [0.29, 0.717) is 36.3 Å². The third kappa shape index (κ3) is 3.18. The van der Waals surface area contributed by atoms with Crippen LogP contribution in [0.1, 0.15) is 50.7 Å². The van der Waals surface area contributed by atoms with E-state index in [1.165, 1.54) is 4.57 Å². The van der Waals surface area contributed by atoms with E-state index in [1.807, 2.05) is 50.2 Å². The van der Waals surface area contributed by atoms with Gasteiger partial charge in [0.05, 0.1) is 5.56 Å². The maximum absolute atomic E-state index is 13.3. The van der Waals surface area contributed by atoms with E-state index < -0.39 is 17.2 Å². The zero-order valence-electron chi connectivity index (χ0n) is 18.1. The molecule has 158 valence electrons. The van der Waals surface area contributed by atoms with Gasteiger partial charge in [-0.25, -0.2) is 4.79 Å². The minimum Gasteiger partial charge on any atom is -0.378 e. The van der Waals surface area contributed by atoms with Gasteiger partial charge in [0.1, 0.15) is 5.82 Å². The van der Waals surface area contributed by atoms with Crippen molar-refractivity contribution in [3.8, 4) is 0 Å². The lowest BCUT2D eigenvalue weighted by Gasteiger charge is -2.39. The average Bonchev–Trinajstić information content (AvgIpc) is 2.65. The smallest absolute Gasteiger partial charge is 0.329 e. The quantitative estimate of drug-likeness (QED) is 0.816. The number of carbonyl (C=O) groups is 1. The van der Waals surface area contributed by atoms with Crippen molar-refractivity contribution in [1.29, 1.82) is 0 Å². The fourth-order valence-electron chi connectivity index (χ4n) is 4.66. The average molecular weight is 409 g/mol. The van der Waals surface area contributed by atoms with E-state index in [2.05, 4.69) is 24.1 Å². The molecule has 0 bridgehead atoms. The van der Waals surface area contributed by atoms with Crippen molar-refractivity contribution in [2.45, 2.75) is 46.1 Å². The molecule has 1 atom stereocenters. The summed E-state index contributed by atoms with van der Waals surface area (Å²) in [6, 6.07) is 7.90. The minimum atomic E-state index is -0.502. The summed E-state index contributed by atoms with van der Waals surface area (Å²) in [5.74, 6) is 0.0464. The van der Waals surface area contributed by atoms with E-state index in [1.54, 1.807) is 0 Å². The molecule has 0 saturated carbocycles. The maximum atomic E-state index is 13.3. The summed E-state index contributed by atoms with van der Waals surface area (Å²) in [6.07, 6.45) is 1.12. The Morgan fingerprint density at radius 1 is 1.10 bits per heavy atom. The predicted octanol–water partition coefficient (Wildman–Crippen LogP) is 2.82. The van der Waals surface area contributed by atoms with Crippen LogP contribution in [0.4, 0.5) is 11.5 Å². The molecule has 7 nitrogen and oxygen atoms in total. The Hall–Kier alpha value is -3.09.